The summed E-state index contributed by atoms with van der Waals surface area (Å²) in [6, 6.07) is 14.4. The Labute approximate surface area is 166 Å². The van der Waals surface area contributed by atoms with Crippen molar-refractivity contribution in [1.29, 1.82) is 0 Å². The van der Waals surface area contributed by atoms with Gasteiger partial charge in [0.05, 0.1) is 13.5 Å². The summed E-state index contributed by atoms with van der Waals surface area (Å²) in [7, 11) is 1.65. The highest BCUT2D eigenvalue weighted by molar-refractivity contribution is 5.85. The minimum atomic E-state index is 0.215. The molecule has 1 aliphatic rings. The monoisotopic (exact) mass is 376 g/mol. The fourth-order valence-electron chi connectivity index (χ4n) is 4.32. The molecule has 4 heteroatoms. The van der Waals surface area contributed by atoms with Crippen LogP contribution in [0.3, 0.4) is 0 Å². The third kappa shape index (κ3) is 3.64. The largest absolute Gasteiger partial charge is 0.497 e. The van der Waals surface area contributed by atoms with Crippen LogP contribution in [0.5, 0.6) is 5.75 Å². The smallest absolute Gasteiger partial charge is 0.226 e. The normalized spacial score (nSPS) is 15.2. The summed E-state index contributed by atoms with van der Waals surface area (Å²) in [4.78, 5) is 18.4. The third-order valence-corrected chi connectivity index (χ3v) is 6.02. The molecule has 0 unspecified atom stereocenters. The van der Waals surface area contributed by atoms with Crippen molar-refractivity contribution in [1.82, 2.24) is 9.88 Å². The molecule has 1 amide bonds. The van der Waals surface area contributed by atoms with Gasteiger partial charge in [-0.2, -0.15) is 0 Å². The van der Waals surface area contributed by atoms with E-state index >= 15 is 0 Å². The van der Waals surface area contributed by atoms with Crippen LogP contribution in [0.15, 0.2) is 42.5 Å². The summed E-state index contributed by atoms with van der Waals surface area (Å²) in [6.45, 7) is 6.01. The second-order valence-electron chi connectivity index (χ2n) is 7.89. The van der Waals surface area contributed by atoms with Gasteiger partial charge in [-0.1, -0.05) is 23.8 Å². The van der Waals surface area contributed by atoms with E-state index in [4.69, 9.17) is 4.74 Å². The van der Waals surface area contributed by atoms with Gasteiger partial charge < -0.3 is 14.6 Å². The van der Waals surface area contributed by atoms with Gasteiger partial charge in [0.25, 0.3) is 0 Å². The molecule has 0 spiro atoms. The molecule has 2 heterocycles. The first kappa shape index (κ1) is 18.6. The van der Waals surface area contributed by atoms with Gasteiger partial charge in [0.1, 0.15) is 5.75 Å². The molecule has 4 rings (SSSR count). The standard InChI is InChI=1S/C24H28N2O2/c1-16-4-9-22-21(14-16)17(2)24(25-22)19-10-12-26(13-11-19)23(27)15-18-5-7-20(28-3)8-6-18/h4-9,14,19,25H,10-13,15H2,1-3H3. The molecule has 28 heavy (non-hydrogen) atoms. The second kappa shape index (κ2) is 7.70. The van der Waals surface area contributed by atoms with Crippen molar-refractivity contribution in [2.45, 2.75) is 39.0 Å². The minimum Gasteiger partial charge on any atom is -0.497 e. The van der Waals surface area contributed by atoms with Crippen LogP contribution >= 0.6 is 0 Å². The molecule has 0 atom stereocenters. The number of aromatic amines is 1. The Bertz CT molecular complexity index is 980. The van der Waals surface area contributed by atoms with E-state index in [-0.39, 0.29) is 5.91 Å². The number of benzene rings is 2. The Hall–Kier alpha value is -2.75. The molecule has 4 nitrogen and oxygen atoms in total. The average Bonchev–Trinajstić information content (AvgIpc) is 3.04. The highest BCUT2D eigenvalue weighted by atomic mass is 16.5. The van der Waals surface area contributed by atoms with Crippen molar-refractivity contribution in [3.05, 3.63) is 64.8 Å². The van der Waals surface area contributed by atoms with Crippen LogP contribution in [0, 0.1) is 13.8 Å². The van der Waals surface area contributed by atoms with E-state index in [2.05, 4.69) is 37.0 Å². The lowest BCUT2D eigenvalue weighted by atomic mass is 9.91. The van der Waals surface area contributed by atoms with Gasteiger partial charge in [0.2, 0.25) is 5.91 Å². The number of aromatic nitrogens is 1. The maximum absolute atomic E-state index is 12.7. The Balaban J connectivity index is 1.40. The lowest BCUT2D eigenvalue weighted by Gasteiger charge is -2.32. The number of amides is 1. The highest BCUT2D eigenvalue weighted by Gasteiger charge is 2.26. The number of piperidine rings is 1. The van der Waals surface area contributed by atoms with Crippen molar-refractivity contribution >= 4 is 16.8 Å². The van der Waals surface area contributed by atoms with Gasteiger partial charge in [-0.25, -0.2) is 0 Å². The van der Waals surface area contributed by atoms with Crippen LogP contribution in [-0.4, -0.2) is 36.0 Å². The number of carbonyl (C=O) groups is 1. The molecular weight excluding hydrogens is 348 g/mol. The lowest BCUT2D eigenvalue weighted by Crippen LogP contribution is -2.38. The predicted molar refractivity (Wildman–Crippen MR) is 113 cm³/mol. The number of hydrogen-bond acceptors (Lipinski definition) is 2. The molecular formula is C24H28N2O2. The minimum absolute atomic E-state index is 0.215. The summed E-state index contributed by atoms with van der Waals surface area (Å²) in [5, 5.41) is 1.33. The van der Waals surface area contributed by atoms with Gasteiger partial charge in [0.15, 0.2) is 0 Å². The lowest BCUT2D eigenvalue weighted by molar-refractivity contribution is -0.131. The van der Waals surface area contributed by atoms with E-state index < -0.39 is 0 Å². The number of nitrogens with one attached hydrogen (secondary N) is 1. The molecule has 146 valence electrons. The van der Waals surface area contributed by atoms with Crippen molar-refractivity contribution < 1.29 is 9.53 Å². The zero-order valence-electron chi connectivity index (χ0n) is 16.9. The molecule has 1 N–H and O–H groups in total. The number of methoxy groups -OCH3 is 1. The van der Waals surface area contributed by atoms with Crippen molar-refractivity contribution in [3.63, 3.8) is 0 Å². The maximum atomic E-state index is 12.7. The van der Waals surface area contributed by atoms with E-state index in [9.17, 15) is 4.79 Å². The van der Waals surface area contributed by atoms with Crippen LogP contribution in [0.2, 0.25) is 0 Å². The quantitative estimate of drug-likeness (QED) is 0.715. The molecule has 0 saturated carbocycles. The zero-order chi connectivity index (χ0) is 19.7. The van der Waals surface area contributed by atoms with Crippen molar-refractivity contribution in [2.75, 3.05) is 20.2 Å². The number of fused-ring (bicyclic) bond motifs is 1. The first-order valence-corrected chi connectivity index (χ1v) is 10.0. The van der Waals surface area contributed by atoms with Crippen molar-refractivity contribution in [3.8, 4) is 5.75 Å². The van der Waals surface area contributed by atoms with E-state index in [0.29, 0.717) is 12.3 Å². The summed E-state index contributed by atoms with van der Waals surface area (Å²) in [5.41, 5.74) is 6.26. The molecule has 1 aromatic heterocycles. The van der Waals surface area contributed by atoms with Crippen LogP contribution in [0.25, 0.3) is 10.9 Å². The number of aryl methyl sites for hydroxylation is 2. The van der Waals surface area contributed by atoms with E-state index in [0.717, 1.165) is 37.2 Å². The summed E-state index contributed by atoms with van der Waals surface area (Å²) >= 11 is 0. The predicted octanol–water partition coefficient (Wildman–Crippen LogP) is 4.74. The van der Waals surface area contributed by atoms with Gasteiger partial charge in [-0.3, -0.25) is 4.79 Å². The molecule has 3 aromatic rings. The molecule has 0 bridgehead atoms. The fraction of sp³-hybridized carbons (Fsp3) is 0.375. The number of hydrogen-bond donors (Lipinski definition) is 1. The van der Waals surface area contributed by atoms with Gasteiger partial charge in [-0.05, 0) is 62.1 Å². The van der Waals surface area contributed by atoms with E-state index in [1.165, 1.54) is 27.7 Å². The Kier molecular flexibility index (Phi) is 5.12. The van der Waals surface area contributed by atoms with E-state index in [1.54, 1.807) is 7.11 Å². The van der Waals surface area contributed by atoms with Crippen LogP contribution in [0.4, 0.5) is 0 Å². The number of carbonyl (C=O) groups excluding carboxylic acids is 1. The Morgan fingerprint density at radius 3 is 2.50 bits per heavy atom. The summed E-state index contributed by atoms with van der Waals surface area (Å²) < 4.78 is 5.18. The zero-order valence-corrected chi connectivity index (χ0v) is 16.9. The molecule has 1 aliphatic heterocycles. The number of likely N-dealkylation sites (tertiary alicyclic amines) is 1. The number of ether oxygens (including phenoxy) is 1. The number of rotatable bonds is 4. The molecule has 0 radical (unpaired) electrons. The van der Waals surface area contributed by atoms with E-state index in [1.807, 2.05) is 29.2 Å². The Morgan fingerprint density at radius 2 is 1.82 bits per heavy atom. The topological polar surface area (TPSA) is 45.3 Å². The van der Waals surface area contributed by atoms with Gasteiger partial charge >= 0.3 is 0 Å². The second-order valence-corrected chi connectivity index (χ2v) is 7.89. The fourth-order valence-corrected chi connectivity index (χ4v) is 4.32. The molecule has 2 aromatic carbocycles. The third-order valence-electron chi connectivity index (χ3n) is 6.02. The van der Waals surface area contributed by atoms with Crippen LogP contribution in [-0.2, 0) is 11.2 Å². The highest BCUT2D eigenvalue weighted by Crippen LogP contribution is 2.34. The average molecular weight is 377 g/mol. The SMILES string of the molecule is COc1ccc(CC(=O)N2CCC(c3[nH]c4ccc(C)cc4c3C)CC2)cc1. The Morgan fingerprint density at radius 1 is 1.11 bits per heavy atom. The maximum Gasteiger partial charge on any atom is 0.226 e. The number of nitrogens with zero attached hydrogens (tertiary/aromatic N) is 1. The van der Waals surface area contributed by atoms with Crippen molar-refractivity contribution in [2.24, 2.45) is 0 Å². The number of H-pyrrole nitrogens is 1. The summed E-state index contributed by atoms with van der Waals surface area (Å²) in [6.07, 6.45) is 2.49. The van der Waals surface area contributed by atoms with Gasteiger partial charge in [0, 0.05) is 35.6 Å². The molecule has 0 aliphatic carbocycles. The first-order valence-electron chi connectivity index (χ1n) is 10.0. The first-order chi connectivity index (χ1) is 13.5. The van der Waals surface area contributed by atoms with Gasteiger partial charge in [-0.15, -0.1) is 0 Å². The summed E-state index contributed by atoms with van der Waals surface area (Å²) in [5.74, 6) is 1.53. The molecule has 1 saturated heterocycles. The van der Waals surface area contributed by atoms with Crippen LogP contribution in [0.1, 0.15) is 41.1 Å². The van der Waals surface area contributed by atoms with Crippen LogP contribution < -0.4 is 4.74 Å². The molecule has 1 fully saturated rings.